The van der Waals surface area contributed by atoms with E-state index in [0.717, 1.165) is 11.5 Å². The van der Waals surface area contributed by atoms with Crippen LogP contribution in [-0.2, 0) is 12.7 Å². The summed E-state index contributed by atoms with van der Waals surface area (Å²) < 4.78 is 37.4. The summed E-state index contributed by atoms with van der Waals surface area (Å²) in [4.78, 5) is 16.3. The number of nitrogens with zero attached hydrogens (tertiary/aromatic N) is 2. The molecule has 6 nitrogen and oxygen atoms in total. The molecule has 124 valence electrons. The Bertz CT molecular complexity index is 904. The first-order valence-electron chi connectivity index (χ1n) is 6.89. The molecule has 9 heteroatoms. The van der Waals surface area contributed by atoms with Gasteiger partial charge in [-0.2, -0.15) is 18.3 Å². The van der Waals surface area contributed by atoms with Crippen LogP contribution in [0.4, 0.5) is 19.0 Å². The third kappa shape index (κ3) is 3.14. The predicted molar refractivity (Wildman–Crippen MR) is 80.9 cm³/mol. The molecule has 4 N–H and O–H groups in total. The molecule has 2 heterocycles. The van der Waals surface area contributed by atoms with Crippen molar-refractivity contribution in [3.8, 4) is 0 Å². The lowest BCUT2D eigenvalue weighted by Gasteiger charge is -2.07. The molecular weight excluding hydrogens is 323 g/mol. The lowest BCUT2D eigenvalue weighted by Crippen LogP contribution is -2.24. The van der Waals surface area contributed by atoms with Crippen LogP contribution in [0.25, 0.3) is 10.9 Å². The lowest BCUT2D eigenvalue weighted by molar-refractivity contribution is -0.141. The van der Waals surface area contributed by atoms with Crippen LogP contribution in [0.3, 0.4) is 0 Å². The number of carbonyl (C=O) groups is 1. The fraction of sp³-hybridized carbons (Fsp3) is 0.133. The van der Waals surface area contributed by atoms with Crippen molar-refractivity contribution >= 4 is 22.6 Å². The number of alkyl halides is 3. The van der Waals surface area contributed by atoms with Gasteiger partial charge in [-0.3, -0.25) is 9.89 Å². The quantitative estimate of drug-likeness (QED) is 0.685. The van der Waals surface area contributed by atoms with Crippen molar-refractivity contribution in [2.24, 2.45) is 0 Å². The highest BCUT2D eigenvalue weighted by Crippen LogP contribution is 2.27. The van der Waals surface area contributed by atoms with Gasteiger partial charge in [-0.1, -0.05) is 18.2 Å². The summed E-state index contributed by atoms with van der Waals surface area (Å²) in [5.74, 6) is -0.485. The maximum absolute atomic E-state index is 12.5. The number of anilines is 1. The summed E-state index contributed by atoms with van der Waals surface area (Å²) in [5, 5.41) is 8.61. The van der Waals surface area contributed by atoms with E-state index in [1.54, 1.807) is 30.3 Å². The zero-order valence-corrected chi connectivity index (χ0v) is 12.2. The number of nitrogens with two attached hydrogens (primary N) is 1. The molecule has 0 radical (unpaired) electrons. The molecule has 3 aromatic rings. The van der Waals surface area contributed by atoms with Gasteiger partial charge in [0.05, 0.1) is 23.3 Å². The average molecular weight is 335 g/mol. The van der Waals surface area contributed by atoms with Crippen LogP contribution in [0.15, 0.2) is 36.4 Å². The molecular formula is C15H12F3N5O. The van der Waals surface area contributed by atoms with Crippen LogP contribution >= 0.6 is 0 Å². The molecule has 0 saturated carbocycles. The van der Waals surface area contributed by atoms with Crippen molar-refractivity contribution in [2.45, 2.75) is 12.7 Å². The van der Waals surface area contributed by atoms with Crippen LogP contribution in [0.1, 0.15) is 21.7 Å². The fourth-order valence-corrected chi connectivity index (χ4v) is 2.18. The van der Waals surface area contributed by atoms with Crippen molar-refractivity contribution < 1.29 is 18.0 Å². The van der Waals surface area contributed by atoms with E-state index in [1.165, 1.54) is 0 Å². The highest BCUT2D eigenvalue weighted by atomic mass is 19.4. The second-order valence-electron chi connectivity index (χ2n) is 5.07. The number of H-pyrrole nitrogens is 1. The Hall–Kier alpha value is -3.10. The summed E-state index contributed by atoms with van der Waals surface area (Å²) >= 11 is 0. The fourth-order valence-electron chi connectivity index (χ4n) is 2.18. The molecule has 0 fully saturated rings. The number of hydrogen-bond acceptors (Lipinski definition) is 4. The third-order valence-corrected chi connectivity index (χ3v) is 3.36. The van der Waals surface area contributed by atoms with Crippen molar-refractivity contribution in [2.75, 3.05) is 5.73 Å². The van der Waals surface area contributed by atoms with E-state index < -0.39 is 17.8 Å². The number of rotatable bonds is 3. The lowest BCUT2D eigenvalue weighted by atomic mass is 10.1. The molecule has 0 aliphatic rings. The van der Waals surface area contributed by atoms with E-state index in [0.29, 0.717) is 5.52 Å². The van der Waals surface area contributed by atoms with Gasteiger partial charge >= 0.3 is 6.18 Å². The first-order valence-corrected chi connectivity index (χ1v) is 6.89. The molecule has 24 heavy (non-hydrogen) atoms. The molecule has 2 aromatic heterocycles. The highest BCUT2D eigenvalue weighted by molar-refractivity contribution is 6.01. The van der Waals surface area contributed by atoms with Gasteiger partial charge < -0.3 is 11.1 Å². The van der Waals surface area contributed by atoms with Gasteiger partial charge in [-0.15, -0.1) is 0 Å². The molecule has 0 unspecified atom stereocenters. The maximum atomic E-state index is 12.5. The van der Waals surface area contributed by atoms with Crippen LogP contribution in [0.2, 0.25) is 0 Å². The minimum Gasteiger partial charge on any atom is -0.383 e. The Morgan fingerprint density at radius 1 is 1.25 bits per heavy atom. The normalized spacial score (nSPS) is 11.6. The summed E-state index contributed by atoms with van der Waals surface area (Å²) in [7, 11) is 0. The Kier molecular flexibility index (Phi) is 3.84. The number of para-hydroxylation sites is 1. The smallest absolute Gasteiger partial charge is 0.383 e. The number of aromatic amines is 1. The number of aromatic nitrogens is 3. The number of amides is 1. The van der Waals surface area contributed by atoms with Gasteiger partial charge in [-0.25, -0.2) is 4.98 Å². The number of pyridine rings is 1. The maximum Gasteiger partial charge on any atom is 0.435 e. The second-order valence-corrected chi connectivity index (χ2v) is 5.07. The summed E-state index contributed by atoms with van der Waals surface area (Å²) in [6, 6.07) is 9.55. The van der Waals surface area contributed by atoms with Crippen LogP contribution in [-0.4, -0.2) is 21.1 Å². The Balaban J connectivity index is 1.75. The largest absolute Gasteiger partial charge is 0.435 e. The zero-order valence-electron chi connectivity index (χ0n) is 12.2. The van der Waals surface area contributed by atoms with E-state index >= 15 is 0 Å². The summed E-state index contributed by atoms with van der Waals surface area (Å²) in [5.41, 5.74) is 5.67. The molecule has 0 spiro atoms. The van der Waals surface area contributed by atoms with E-state index in [4.69, 9.17) is 5.73 Å². The van der Waals surface area contributed by atoms with Crippen LogP contribution in [0.5, 0.6) is 0 Å². The first kappa shape index (κ1) is 15.8. The molecule has 1 amide bonds. The molecule has 1 aromatic carbocycles. The van der Waals surface area contributed by atoms with Crippen molar-refractivity contribution in [3.63, 3.8) is 0 Å². The molecule has 0 aliphatic heterocycles. The van der Waals surface area contributed by atoms with Crippen molar-refractivity contribution in [1.82, 2.24) is 20.5 Å². The number of hydrogen-bond donors (Lipinski definition) is 3. The molecule has 3 rings (SSSR count). The number of fused-ring (bicyclic) bond motifs is 1. The minimum atomic E-state index is -4.54. The average Bonchev–Trinajstić information content (AvgIpc) is 3.01. The zero-order chi connectivity index (χ0) is 17.3. The third-order valence-electron chi connectivity index (χ3n) is 3.36. The standard InChI is InChI=1S/C15H12F3N5O/c16-15(17,18)12-6-9(22-23-12)7-20-14(24)10-5-8-3-1-2-4-11(8)21-13(10)19/h1-6H,7H2,(H2,19,21)(H,20,24)(H,22,23). The Labute approximate surface area is 133 Å². The predicted octanol–water partition coefficient (Wildman–Crippen LogP) is 2.49. The van der Waals surface area contributed by atoms with Gasteiger partial charge in [0.1, 0.15) is 5.82 Å². The van der Waals surface area contributed by atoms with E-state index in [1.807, 2.05) is 0 Å². The van der Waals surface area contributed by atoms with Gasteiger partial charge in [-0.05, 0) is 18.2 Å². The van der Waals surface area contributed by atoms with Gasteiger partial charge in [0.25, 0.3) is 5.91 Å². The summed E-state index contributed by atoms with van der Waals surface area (Å²) in [6.45, 7) is -0.145. The number of nitrogens with one attached hydrogen (secondary N) is 2. The Morgan fingerprint density at radius 3 is 2.71 bits per heavy atom. The molecule has 0 saturated heterocycles. The topological polar surface area (TPSA) is 96.7 Å². The SMILES string of the molecule is Nc1nc2ccccc2cc1C(=O)NCc1cc(C(F)(F)F)n[nH]1. The van der Waals surface area contributed by atoms with Crippen molar-refractivity contribution in [3.05, 3.63) is 53.3 Å². The number of carbonyl (C=O) groups excluding carboxylic acids is 1. The van der Waals surface area contributed by atoms with E-state index in [-0.39, 0.29) is 23.6 Å². The number of nitrogen functional groups attached to an aromatic ring is 1. The van der Waals surface area contributed by atoms with Gasteiger partial charge in [0, 0.05) is 5.39 Å². The number of benzene rings is 1. The van der Waals surface area contributed by atoms with E-state index in [9.17, 15) is 18.0 Å². The molecule has 0 atom stereocenters. The highest BCUT2D eigenvalue weighted by Gasteiger charge is 2.33. The van der Waals surface area contributed by atoms with Crippen LogP contribution < -0.4 is 11.1 Å². The van der Waals surface area contributed by atoms with Crippen LogP contribution in [0, 0.1) is 0 Å². The summed E-state index contributed by atoms with van der Waals surface area (Å²) in [6.07, 6.45) is -4.54. The van der Waals surface area contributed by atoms with E-state index in [2.05, 4.69) is 20.5 Å². The molecule has 0 bridgehead atoms. The van der Waals surface area contributed by atoms with Crippen molar-refractivity contribution in [1.29, 1.82) is 0 Å². The van der Waals surface area contributed by atoms with Gasteiger partial charge in [0.2, 0.25) is 0 Å². The second kappa shape index (κ2) is 5.84. The Morgan fingerprint density at radius 2 is 2.00 bits per heavy atom. The number of halogens is 3. The molecule has 0 aliphatic carbocycles. The first-order chi connectivity index (χ1) is 11.3. The minimum absolute atomic E-state index is 0.0480. The monoisotopic (exact) mass is 335 g/mol. The van der Waals surface area contributed by atoms with Gasteiger partial charge in [0.15, 0.2) is 5.69 Å².